The van der Waals surface area contributed by atoms with Crippen LogP contribution in [0.4, 0.5) is 0 Å². The summed E-state index contributed by atoms with van der Waals surface area (Å²) >= 11 is 2.18. The van der Waals surface area contributed by atoms with Crippen molar-refractivity contribution in [3.05, 3.63) is 39.5 Å². The van der Waals surface area contributed by atoms with Crippen LogP contribution in [0.2, 0.25) is 0 Å². The Balaban J connectivity index is 2.04. The Labute approximate surface area is 104 Å². The maximum atomic E-state index is 9.43. The molecule has 1 aromatic rings. The molecule has 0 spiro atoms. The number of phenolic OH excluding ortho intramolecular Hbond substituents is 1. The summed E-state index contributed by atoms with van der Waals surface area (Å²) in [6, 6.07) is 5.93. The van der Waals surface area contributed by atoms with Crippen molar-refractivity contribution in [2.75, 3.05) is 0 Å². The lowest BCUT2D eigenvalue weighted by Gasteiger charge is -2.17. The summed E-state index contributed by atoms with van der Waals surface area (Å²) in [5.74, 6) is 1.18. The van der Waals surface area contributed by atoms with E-state index in [-0.39, 0.29) is 0 Å². The second-order valence-corrected chi connectivity index (χ2v) is 5.30. The molecule has 1 aromatic carbocycles. The minimum absolute atomic E-state index is 0.392. The third-order valence-electron chi connectivity index (χ3n) is 2.91. The first-order chi connectivity index (χ1) is 7.25. The average molecular weight is 314 g/mol. The molecule has 0 amide bonds. The van der Waals surface area contributed by atoms with E-state index in [0.29, 0.717) is 5.75 Å². The summed E-state index contributed by atoms with van der Waals surface area (Å²) in [5.41, 5.74) is 1.34. The third kappa shape index (κ3) is 2.97. The molecule has 0 radical (unpaired) electrons. The minimum atomic E-state index is 0.392. The third-order valence-corrected chi connectivity index (χ3v) is 3.78. The molecular weight excluding hydrogens is 299 g/mol. The smallest absolute Gasteiger partial charge is 0.128 e. The predicted molar refractivity (Wildman–Crippen MR) is 71.0 cm³/mol. The molecule has 0 saturated heterocycles. The number of aromatic hydroxyl groups is 1. The average Bonchev–Trinajstić information content (AvgIpc) is 2.25. The Morgan fingerprint density at radius 2 is 2.20 bits per heavy atom. The first-order valence-corrected chi connectivity index (χ1v) is 6.46. The highest BCUT2D eigenvalue weighted by molar-refractivity contribution is 14.1. The van der Waals surface area contributed by atoms with Crippen molar-refractivity contribution >= 4 is 22.6 Å². The molecule has 1 nitrogen and oxygen atoms in total. The van der Waals surface area contributed by atoms with Crippen LogP contribution in [0.3, 0.4) is 0 Å². The van der Waals surface area contributed by atoms with Gasteiger partial charge in [-0.2, -0.15) is 0 Å². The highest BCUT2D eigenvalue weighted by atomic mass is 127. The van der Waals surface area contributed by atoms with Gasteiger partial charge in [0, 0.05) is 0 Å². The largest absolute Gasteiger partial charge is 0.507 e. The quantitative estimate of drug-likeness (QED) is 0.648. The first kappa shape index (κ1) is 11.0. The van der Waals surface area contributed by atoms with Gasteiger partial charge in [0.05, 0.1) is 3.57 Å². The monoisotopic (exact) mass is 314 g/mol. The number of halogens is 1. The van der Waals surface area contributed by atoms with E-state index in [2.05, 4.69) is 40.8 Å². The van der Waals surface area contributed by atoms with Crippen LogP contribution in [0, 0.1) is 9.49 Å². The molecule has 15 heavy (non-hydrogen) atoms. The number of hydrogen-bond acceptors (Lipinski definition) is 1. The summed E-state index contributed by atoms with van der Waals surface area (Å²) in [4.78, 5) is 0. The van der Waals surface area contributed by atoms with Gasteiger partial charge in [0.25, 0.3) is 0 Å². The summed E-state index contributed by atoms with van der Waals surface area (Å²) in [6.07, 6.45) is 9.43. The van der Waals surface area contributed by atoms with Crippen molar-refractivity contribution in [3.8, 4) is 5.75 Å². The molecule has 0 fully saturated rings. The van der Waals surface area contributed by atoms with E-state index in [0.717, 1.165) is 15.9 Å². The Morgan fingerprint density at radius 1 is 1.33 bits per heavy atom. The van der Waals surface area contributed by atoms with Crippen molar-refractivity contribution in [1.29, 1.82) is 0 Å². The molecule has 0 saturated carbocycles. The first-order valence-electron chi connectivity index (χ1n) is 5.38. The van der Waals surface area contributed by atoms with Crippen LogP contribution in [-0.2, 0) is 6.42 Å². The molecule has 80 valence electrons. The van der Waals surface area contributed by atoms with Gasteiger partial charge in [-0.15, -0.1) is 0 Å². The fourth-order valence-corrected chi connectivity index (χ4v) is 2.63. The van der Waals surface area contributed by atoms with Crippen molar-refractivity contribution < 1.29 is 5.11 Å². The van der Waals surface area contributed by atoms with Crippen LogP contribution in [0.1, 0.15) is 24.8 Å². The standard InChI is InChI=1S/C13H15IO/c14-12-9-11(6-7-13(12)15)8-10-4-2-1-3-5-10/h1-2,6-7,9-10,15H,3-5,8H2/t10-/m1/s1. The van der Waals surface area contributed by atoms with Gasteiger partial charge in [0.15, 0.2) is 0 Å². The lowest BCUT2D eigenvalue weighted by Crippen LogP contribution is -2.06. The SMILES string of the molecule is Oc1ccc(C[C@@H]2CC=CCC2)cc1I. The van der Waals surface area contributed by atoms with Crippen LogP contribution in [0.5, 0.6) is 5.75 Å². The van der Waals surface area contributed by atoms with E-state index >= 15 is 0 Å². The molecular formula is C13H15IO. The molecule has 1 aliphatic rings. The normalized spacial score (nSPS) is 20.5. The molecule has 1 aliphatic carbocycles. The Morgan fingerprint density at radius 3 is 2.87 bits per heavy atom. The van der Waals surface area contributed by atoms with Crippen molar-refractivity contribution in [2.45, 2.75) is 25.7 Å². The molecule has 0 aliphatic heterocycles. The maximum absolute atomic E-state index is 9.43. The molecule has 0 heterocycles. The topological polar surface area (TPSA) is 20.2 Å². The van der Waals surface area contributed by atoms with Gasteiger partial charge in [-0.3, -0.25) is 0 Å². The highest BCUT2D eigenvalue weighted by Crippen LogP contribution is 2.26. The zero-order valence-electron chi connectivity index (χ0n) is 8.62. The highest BCUT2D eigenvalue weighted by Gasteiger charge is 2.11. The van der Waals surface area contributed by atoms with Crippen molar-refractivity contribution in [1.82, 2.24) is 0 Å². The van der Waals surface area contributed by atoms with Crippen molar-refractivity contribution in [3.63, 3.8) is 0 Å². The van der Waals surface area contributed by atoms with E-state index in [1.165, 1.54) is 24.8 Å². The lowest BCUT2D eigenvalue weighted by atomic mass is 9.89. The van der Waals surface area contributed by atoms with Crippen molar-refractivity contribution in [2.24, 2.45) is 5.92 Å². The van der Waals surface area contributed by atoms with Gasteiger partial charge in [-0.1, -0.05) is 18.2 Å². The molecule has 0 unspecified atom stereocenters. The Kier molecular flexibility index (Phi) is 3.67. The number of benzene rings is 1. The van der Waals surface area contributed by atoms with Crippen LogP contribution >= 0.6 is 22.6 Å². The fourth-order valence-electron chi connectivity index (χ4n) is 2.05. The molecule has 0 bridgehead atoms. The van der Waals surface area contributed by atoms with Gasteiger partial charge in [0.1, 0.15) is 5.75 Å². The number of phenols is 1. The van der Waals surface area contributed by atoms with E-state index < -0.39 is 0 Å². The number of hydrogen-bond donors (Lipinski definition) is 1. The van der Waals surface area contributed by atoms with Crippen LogP contribution in [-0.4, -0.2) is 5.11 Å². The van der Waals surface area contributed by atoms with Gasteiger partial charge >= 0.3 is 0 Å². The molecule has 1 atom stereocenters. The van der Waals surface area contributed by atoms with Gasteiger partial charge < -0.3 is 5.11 Å². The predicted octanol–water partition coefficient (Wildman–Crippen LogP) is 3.90. The lowest BCUT2D eigenvalue weighted by molar-refractivity contribution is 0.466. The fraction of sp³-hybridized carbons (Fsp3) is 0.385. The van der Waals surface area contributed by atoms with Crippen LogP contribution < -0.4 is 0 Å². The maximum Gasteiger partial charge on any atom is 0.128 e. The molecule has 2 heteroatoms. The Hall–Kier alpha value is -0.510. The summed E-state index contributed by atoms with van der Waals surface area (Å²) < 4.78 is 0.955. The van der Waals surface area contributed by atoms with Crippen LogP contribution in [0.25, 0.3) is 0 Å². The van der Waals surface area contributed by atoms with E-state index in [1.54, 1.807) is 6.07 Å². The van der Waals surface area contributed by atoms with E-state index in [4.69, 9.17) is 0 Å². The zero-order valence-corrected chi connectivity index (χ0v) is 10.8. The molecule has 1 N–H and O–H groups in total. The second kappa shape index (κ2) is 5.01. The van der Waals surface area contributed by atoms with Gasteiger partial charge in [-0.05, 0) is 71.9 Å². The second-order valence-electron chi connectivity index (χ2n) is 4.14. The van der Waals surface area contributed by atoms with E-state index in [9.17, 15) is 5.11 Å². The Bertz CT molecular complexity index is 371. The summed E-state index contributed by atoms with van der Waals surface area (Å²) in [5, 5.41) is 9.43. The zero-order chi connectivity index (χ0) is 10.7. The minimum Gasteiger partial charge on any atom is -0.507 e. The van der Waals surface area contributed by atoms with Gasteiger partial charge in [0.2, 0.25) is 0 Å². The molecule has 2 rings (SSSR count). The van der Waals surface area contributed by atoms with Gasteiger partial charge in [-0.25, -0.2) is 0 Å². The summed E-state index contributed by atoms with van der Waals surface area (Å²) in [6.45, 7) is 0. The van der Waals surface area contributed by atoms with E-state index in [1.807, 2.05) is 6.07 Å². The summed E-state index contributed by atoms with van der Waals surface area (Å²) in [7, 11) is 0. The number of rotatable bonds is 2. The molecule has 0 aromatic heterocycles. The van der Waals surface area contributed by atoms with Crippen LogP contribution in [0.15, 0.2) is 30.4 Å². The number of allylic oxidation sites excluding steroid dienone is 2.